The van der Waals surface area contributed by atoms with Crippen LogP contribution in [0, 0.1) is 6.92 Å². The van der Waals surface area contributed by atoms with Crippen molar-refractivity contribution in [1.82, 2.24) is 9.97 Å². The molecule has 0 spiro atoms. The second-order valence-corrected chi connectivity index (χ2v) is 6.96. The monoisotopic (exact) mass is 421 g/mol. The largest absolute Gasteiger partial charge is 0.494 e. The molecule has 0 aliphatic heterocycles. The fraction of sp³-hybridized carbons (Fsp3) is 0.167. The number of fused-ring (bicyclic) bond motifs is 1. The van der Waals surface area contributed by atoms with E-state index in [1.807, 2.05) is 68.4 Å². The van der Waals surface area contributed by atoms with Crippen LogP contribution in [0.25, 0.3) is 22.4 Å². The maximum atomic E-state index is 12.8. The molecule has 4 rings (SSSR count). The summed E-state index contributed by atoms with van der Waals surface area (Å²) in [6.07, 6.45) is 0.921. The predicted octanol–water partition coefficient (Wildman–Crippen LogP) is 6.00. The Bertz CT molecular complexity index is 1140. The van der Waals surface area contributed by atoms with Crippen LogP contribution in [0.2, 0.25) is 0 Å². The summed E-state index contributed by atoms with van der Waals surface area (Å²) in [5.74, 6) is 1.31. The third-order valence-corrected chi connectivity index (χ3v) is 4.72. The minimum absolute atomic E-state index is 0. The van der Waals surface area contributed by atoms with Gasteiger partial charge in [-0.3, -0.25) is 4.79 Å². The third-order valence-electron chi connectivity index (χ3n) is 4.72. The van der Waals surface area contributed by atoms with Crippen molar-refractivity contribution in [2.75, 3.05) is 11.9 Å². The number of carbonyl (C=O) groups is 1. The van der Waals surface area contributed by atoms with Crippen molar-refractivity contribution >= 4 is 35.0 Å². The number of nitrogens with one attached hydrogen (secondary N) is 2. The highest BCUT2D eigenvalue weighted by atomic mass is 35.5. The number of aromatic nitrogens is 2. The highest BCUT2D eigenvalue weighted by Gasteiger charge is 2.12. The van der Waals surface area contributed by atoms with Gasteiger partial charge in [0.2, 0.25) is 0 Å². The van der Waals surface area contributed by atoms with E-state index in [9.17, 15) is 4.79 Å². The number of H-pyrrole nitrogens is 1. The Hall–Kier alpha value is -3.31. The Morgan fingerprint density at radius 2 is 1.90 bits per heavy atom. The van der Waals surface area contributed by atoms with E-state index in [1.54, 1.807) is 12.1 Å². The van der Waals surface area contributed by atoms with Gasteiger partial charge < -0.3 is 15.0 Å². The van der Waals surface area contributed by atoms with Crippen molar-refractivity contribution < 1.29 is 9.53 Å². The summed E-state index contributed by atoms with van der Waals surface area (Å²) in [6, 6.07) is 21.1. The highest BCUT2D eigenvalue weighted by molar-refractivity contribution is 6.05. The van der Waals surface area contributed by atoms with Crippen LogP contribution in [0.15, 0.2) is 66.7 Å². The molecule has 0 aliphatic rings. The van der Waals surface area contributed by atoms with Crippen LogP contribution < -0.4 is 10.1 Å². The number of hydrogen-bond donors (Lipinski definition) is 2. The lowest BCUT2D eigenvalue weighted by atomic mass is 10.1. The Labute approximate surface area is 181 Å². The number of carbonyl (C=O) groups excluding carboxylic acids is 1. The molecule has 0 saturated carbocycles. The molecule has 0 aliphatic carbocycles. The minimum Gasteiger partial charge on any atom is -0.494 e. The lowest BCUT2D eigenvalue weighted by molar-refractivity contribution is 0.102. The summed E-state index contributed by atoms with van der Waals surface area (Å²) >= 11 is 0. The standard InChI is InChI=1S/C24H23N3O2.ClH/c1-3-13-29-19-8-6-7-18(14-19)24(28)27-22-15-17(12-11-16(22)2)23-25-20-9-4-5-10-21(20)26-23;/h4-12,14-15H,3,13H2,1-2H3,(H,25,26)(H,27,28);1H. The fourth-order valence-electron chi connectivity index (χ4n) is 3.14. The van der Waals surface area contributed by atoms with Crippen LogP contribution in [0.5, 0.6) is 5.75 Å². The van der Waals surface area contributed by atoms with Gasteiger partial charge in [-0.15, -0.1) is 12.4 Å². The molecule has 0 saturated heterocycles. The van der Waals surface area contributed by atoms with Gasteiger partial charge >= 0.3 is 0 Å². The number of aryl methyl sites for hydroxylation is 1. The zero-order valence-corrected chi connectivity index (χ0v) is 17.8. The highest BCUT2D eigenvalue weighted by Crippen LogP contribution is 2.26. The number of benzene rings is 3. The zero-order valence-electron chi connectivity index (χ0n) is 16.9. The van der Waals surface area contributed by atoms with Crippen LogP contribution in [0.3, 0.4) is 0 Å². The van der Waals surface area contributed by atoms with Gasteiger partial charge in [-0.2, -0.15) is 0 Å². The topological polar surface area (TPSA) is 67.0 Å². The maximum Gasteiger partial charge on any atom is 0.255 e. The molecule has 154 valence electrons. The summed E-state index contributed by atoms with van der Waals surface area (Å²) in [6.45, 7) is 4.65. The van der Waals surface area contributed by atoms with Gasteiger partial charge in [0.1, 0.15) is 11.6 Å². The van der Waals surface area contributed by atoms with E-state index in [-0.39, 0.29) is 18.3 Å². The van der Waals surface area contributed by atoms with E-state index in [0.717, 1.165) is 40.1 Å². The van der Waals surface area contributed by atoms with Gasteiger partial charge in [-0.25, -0.2) is 4.98 Å². The summed E-state index contributed by atoms with van der Waals surface area (Å²) in [7, 11) is 0. The molecule has 5 nitrogen and oxygen atoms in total. The normalized spacial score (nSPS) is 10.5. The molecule has 4 aromatic rings. The number of aromatic amines is 1. The predicted molar refractivity (Wildman–Crippen MR) is 124 cm³/mol. The number of para-hydroxylation sites is 2. The quantitative estimate of drug-likeness (QED) is 0.401. The molecule has 2 N–H and O–H groups in total. The van der Waals surface area contributed by atoms with Crippen molar-refractivity contribution in [1.29, 1.82) is 0 Å². The van der Waals surface area contributed by atoms with E-state index in [4.69, 9.17) is 4.74 Å². The molecule has 1 aromatic heterocycles. The number of rotatable bonds is 6. The van der Waals surface area contributed by atoms with E-state index >= 15 is 0 Å². The first-order valence-electron chi connectivity index (χ1n) is 9.74. The van der Waals surface area contributed by atoms with E-state index in [2.05, 4.69) is 15.3 Å². The number of hydrogen-bond acceptors (Lipinski definition) is 3. The van der Waals surface area contributed by atoms with Gasteiger partial charge in [-0.05, 0) is 55.3 Å². The fourth-order valence-corrected chi connectivity index (χ4v) is 3.14. The van der Waals surface area contributed by atoms with Crippen LogP contribution in [0.4, 0.5) is 5.69 Å². The molecule has 3 aromatic carbocycles. The Morgan fingerprint density at radius 3 is 2.70 bits per heavy atom. The molecule has 1 amide bonds. The molecule has 6 heteroatoms. The molecule has 0 fully saturated rings. The SMILES string of the molecule is CCCOc1cccc(C(=O)Nc2cc(-c3nc4ccccc4[nH]3)ccc2C)c1.Cl. The summed E-state index contributed by atoms with van der Waals surface area (Å²) < 4.78 is 5.63. The molecule has 30 heavy (non-hydrogen) atoms. The van der Waals surface area contributed by atoms with Crippen molar-refractivity contribution in [2.45, 2.75) is 20.3 Å². The zero-order chi connectivity index (χ0) is 20.2. The first kappa shape index (κ1) is 21.4. The molecular formula is C24H24ClN3O2. The van der Waals surface area contributed by atoms with E-state index < -0.39 is 0 Å². The van der Waals surface area contributed by atoms with Crippen LogP contribution >= 0.6 is 12.4 Å². The van der Waals surface area contributed by atoms with E-state index in [0.29, 0.717) is 17.9 Å². The van der Waals surface area contributed by atoms with Gasteiger partial charge in [0.05, 0.1) is 17.6 Å². The van der Waals surface area contributed by atoms with Gasteiger partial charge in [0, 0.05) is 16.8 Å². The van der Waals surface area contributed by atoms with Gasteiger partial charge in [-0.1, -0.05) is 37.3 Å². The summed E-state index contributed by atoms with van der Waals surface area (Å²) in [5.41, 5.74) is 5.12. The van der Waals surface area contributed by atoms with Crippen molar-refractivity contribution in [3.63, 3.8) is 0 Å². The number of amides is 1. The van der Waals surface area contributed by atoms with Gasteiger partial charge in [0.25, 0.3) is 5.91 Å². The molecule has 0 bridgehead atoms. The Morgan fingerprint density at radius 1 is 1.07 bits per heavy atom. The van der Waals surface area contributed by atoms with Crippen molar-refractivity contribution in [3.8, 4) is 17.1 Å². The second-order valence-electron chi connectivity index (χ2n) is 6.96. The number of nitrogens with zero attached hydrogens (tertiary/aromatic N) is 1. The first-order chi connectivity index (χ1) is 14.1. The van der Waals surface area contributed by atoms with Crippen LogP contribution in [0.1, 0.15) is 29.3 Å². The second kappa shape index (κ2) is 9.46. The number of anilines is 1. The minimum atomic E-state index is -0.170. The molecule has 0 unspecified atom stereocenters. The van der Waals surface area contributed by atoms with Crippen LogP contribution in [-0.2, 0) is 0 Å². The summed E-state index contributed by atoms with van der Waals surface area (Å²) in [5, 5.41) is 3.02. The van der Waals surface area contributed by atoms with Crippen LogP contribution in [-0.4, -0.2) is 22.5 Å². The maximum absolute atomic E-state index is 12.8. The number of halogens is 1. The molecule has 1 heterocycles. The van der Waals surface area contributed by atoms with Crippen molar-refractivity contribution in [3.05, 3.63) is 77.9 Å². The lowest BCUT2D eigenvalue weighted by Gasteiger charge is -2.11. The Kier molecular flexibility index (Phi) is 6.75. The first-order valence-corrected chi connectivity index (χ1v) is 9.74. The number of ether oxygens (including phenoxy) is 1. The number of imidazole rings is 1. The van der Waals surface area contributed by atoms with Crippen molar-refractivity contribution in [2.24, 2.45) is 0 Å². The Balaban J connectivity index is 0.00000256. The van der Waals surface area contributed by atoms with E-state index in [1.165, 1.54) is 0 Å². The van der Waals surface area contributed by atoms with Gasteiger partial charge in [0.15, 0.2) is 0 Å². The average Bonchev–Trinajstić information content (AvgIpc) is 3.18. The third kappa shape index (κ3) is 4.63. The summed E-state index contributed by atoms with van der Waals surface area (Å²) in [4.78, 5) is 20.8. The smallest absolute Gasteiger partial charge is 0.255 e. The molecule has 0 radical (unpaired) electrons. The molecule has 0 atom stereocenters. The molecular weight excluding hydrogens is 398 g/mol. The lowest BCUT2D eigenvalue weighted by Crippen LogP contribution is -2.13. The average molecular weight is 422 g/mol.